The van der Waals surface area contributed by atoms with Crippen molar-refractivity contribution < 1.29 is 9.18 Å². The monoisotopic (exact) mass is 265 g/mol. The summed E-state index contributed by atoms with van der Waals surface area (Å²) in [7, 11) is 0. The molecule has 0 radical (unpaired) electrons. The van der Waals surface area contributed by atoms with Gasteiger partial charge in [0.25, 0.3) is 0 Å². The van der Waals surface area contributed by atoms with E-state index in [1.165, 1.54) is 23.5 Å². The lowest BCUT2D eigenvalue weighted by Gasteiger charge is -2.14. The van der Waals surface area contributed by atoms with Crippen LogP contribution in [0.3, 0.4) is 0 Å². The quantitative estimate of drug-likeness (QED) is 0.895. The van der Waals surface area contributed by atoms with Crippen LogP contribution in [0.2, 0.25) is 0 Å². The molecule has 2 amide bonds. The molecule has 2 rings (SSSR count). The number of benzene rings is 1. The third-order valence-electron chi connectivity index (χ3n) is 2.35. The van der Waals surface area contributed by atoms with Crippen LogP contribution in [-0.4, -0.2) is 11.0 Å². The number of nitrogens with one attached hydrogen (secondary N) is 2. The first-order valence-electron chi connectivity index (χ1n) is 5.37. The zero-order chi connectivity index (χ0) is 13.0. The molecule has 94 valence electrons. The molecular weight excluding hydrogens is 253 g/mol. The number of amides is 2. The Hall–Kier alpha value is -1.95. The smallest absolute Gasteiger partial charge is 0.321 e. The molecule has 6 heteroatoms. The molecule has 0 spiro atoms. The molecule has 0 aliphatic rings. The van der Waals surface area contributed by atoms with Crippen LogP contribution >= 0.6 is 11.3 Å². The Morgan fingerprint density at radius 3 is 3.00 bits per heavy atom. The van der Waals surface area contributed by atoms with Gasteiger partial charge < -0.3 is 5.32 Å². The second-order valence-electron chi connectivity index (χ2n) is 3.71. The highest BCUT2D eigenvalue weighted by molar-refractivity contribution is 7.13. The number of carbonyl (C=O) groups excluding carboxylic acids is 1. The lowest BCUT2D eigenvalue weighted by Crippen LogP contribution is -2.31. The Labute approximate surface area is 108 Å². The van der Waals surface area contributed by atoms with Gasteiger partial charge in [0.2, 0.25) is 0 Å². The molecular formula is C12H12FN3OS. The SMILES string of the molecule is CC(NC(=O)Nc1nccs1)c1cccc(F)c1. The summed E-state index contributed by atoms with van der Waals surface area (Å²) in [6, 6.07) is 5.50. The van der Waals surface area contributed by atoms with E-state index in [0.29, 0.717) is 10.7 Å². The average Bonchev–Trinajstić information content (AvgIpc) is 2.81. The van der Waals surface area contributed by atoms with Crippen molar-refractivity contribution in [1.29, 1.82) is 0 Å². The van der Waals surface area contributed by atoms with Crippen molar-refractivity contribution in [3.05, 3.63) is 47.2 Å². The number of thiazole rings is 1. The summed E-state index contributed by atoms with van der Waals surface area (Å²) in [5.74, 6) is -0.318. The summed E-state index contributed by atoms with van der Waals surface area (Å²) in [6.45, 7) is 1.79. The number of halogens is 1. The van der Waals surface area contributed by atoms with Gasteiger partial charge in [0.15, 0.2) is 5.13 Å². The summed E-state index contributed by atoms with van der Waals surface area (Å²) in [5, 5.41) is 7.61. The molecule has 0 aliphatic carbocycles. The summed E-state index contributed by atoms with van der Waals surface area (Å²) >= 11 is 1.33. The molecule has 4 nitrogen and oxygen atoms in total. The minimum atomic E-state index is -0.360. The average molecular weight is 265 g/mol. The van der Waals surface area contributed by atoms with Gasteiger partial charge in [0.1, 0.15) is 5.82 Å². The Morgan fingerprint density at radius 1 is 1.50 bits per heavy atom. The number of carbonyl (C=O) groups is 1. The van der Waals surface area contributed by atoms with Crippen LogP contribution in [0, 0.1) is 5.82 Å². The third kappa shape index (κ3) is 3.27. The van der Waals surface area contributed by atoms with Gasteiger partial charge in [-0.25, -0.2) is 14.2 Å². The minimum Gasteiger partial charge on any atom is -0.331 e. The van der Waals surface area contributed by atoms with Crippen molar-refractivity contribution in [3.8, 4) is 0 Å². The van der Waals surface area contributed by atoms with Crippen LogP contribution in [0.4, 0.5) is 14.3 Å². The van der Waals surface area contributed by atoms with E-state index in [1.807, 2.05) is 0 Å². The molecule has 0 fully saturated rings. The fourth-order valence-corrected chi connectivity index (χ4v) is 2.00. The summed E-state index contributed by atoms with van der Waals surface area (Å²) in [4.78, 5) is 15.6. The predicted octanol–water partition coefficient (Wildman–Crippen LogP) is 3.16. The van der Waals surface area contributed by atoms with Crippen molar-refractivity contribution in [2.24, 2.45) is 0 Å². The Balaban J connectivity index is 1.95. The largest absolute Gasteiger partial charge is 0.331 e. The topological polar surface area (TPSA) is 54.0 Å². The van der Waals surface area contributed by atoms with Gasteiger partial charge in [0.05, 0.1) is 6.04 Å². The van der Waals surface area contributed by atoms with E-state index in [2.05, 4.69) is 15.6 Å². The Kier molecular flexibility index (Phi) is 3.88. The second kappa shape index (κ2) is 5.59. The fraction of sp³-hybridized carbons (Fsp3) is 0.167. The first-order chi connectivity index (χ1) is 8.65. The number of aromatic nitrogens is 1. The first-order valence-corrected chi connectivity index (χ1v) is 6.25. The first kappa shape index (κ1) is 12.5. The maximum Gasteiger partial charge on any atom is 0.321 e. The van der Waals surface area contributed by atoms with Gasteiger partial charge in [-0.1, -0.05) is 12.1 Å². The number of rotatable bonds is 3. The van der Waals surface area contributed by atoms with Crippen molar-refractivity contribution >= 4 is 22.5 Å². The molecule has 0 saturated carbocycles. The van der Waals surface area contributed by atoms with Crippen LogP contribution < -0.4 is 10.6 Å². The van der Waals surface area contributed by atoms with Crippen LogP contribution in [0.25, 0.3) is 0 Å². The van der Waals surface area contributed by atoms with Crippen LogP contribution in [-0.2, 0) is 0 Å². The van der Waals surface area contributed by atoms with Gasteiger partial charge >= 0.3 is 6.03 Å². The highest BCUT2D eigenvalue weighted by Crippen LogP contribution is 2.14. The molecule has 0 bridgehead atoms. The van der Waals surface area contributed by atoms with Gasteiger partial charge in [-0.2, -0.15) is 0 Å². The lowest BCUT2D eigenvalue weighted by molar-refractivity contribution is 0.249. The highest BCUT2D eigenvalue weighted by Gasteiger charge is 2.10. The zero-order valence-corrected chi connectivity index (χ0v) is 10.5. The summed E-state index contributed by atoms with van der Waals surface area (Å²) in [5.41, 5.74) is 0.712. The van der Waals surface area contributed by atoms with E-state index in [9.17, 15) is 9.18 Å². The molecule has 1 aromatic carbocycles. The fourth-order valence-electron chi connectivity index (χ4n) is 1.47. The molecule has 1 aromatic heterocycles. The third-order valence-corrected chi connectivity index (χ3v) is 3.04. The molecule has 18 heavy (non-hydrogen) atoms. The molecule has 1 heterocycles. The van der Waals surface area contributed by atoms with Gasteiger partial charge in [-0.3, -0.25) is 5.32 Å². The number of hydrogen-bond acceptors (Lipinski definition) is 3. The minimum absolute atomic E-state index is 0.277. The van der Waals surface area contributed by atoms with Crippen molar-refractivity contribution in [1.82, 2.24) is 10.3 Å². The maximum absolute atomic E-state index is 13.0. The van der Waals surface area contributed by atoms with Crippen molar-refractivity contribution in [2.45, 2.75) is 13.0 Å². The molecule has 1 atom stereocenters. The molecule has 1 unspecified atom stereocenters. The number of hydrogen-bond donors (Lipinski definition) is 2. The van der Waals surface area contributed by atoms with E-state index in [4.69, 9.17) is 0 Å². The van der Waals surface area contributed by atoms with Crippen molar-refractivity contribution in [2.75, 3.05) is 5.32 Å². The van der Waals surface area contributed by atoms with E-state index < -0.39 is 0 Å². The van der Waals surface area contributed by atoms with Crippen LogP contribution in [0.15, 0.2) is 35.8 Å². The van der Waals surface area contributed by atoms with E-state index >= 15 is 0 Å². The zero-order valence-electron chi connectivity index (χ0n) is 9.68. The Bertz CT molecular complexity index is 530. The van der Waals surface area contributed by atoms with Crippen LogP contribution in [0.1, 0.15) is 18.5 Å². The number of urea groups is 1. The summed E-state index contributed by atoms with van der Waals surface area (Å²) < 4.78 is 13.0. The maximum atomic E-state index is 13.0. The normalized spacial score (nSPS) is 11.9. The van der Waals surface area contributed by atoms with Gasteiger partial charge in [0, 0.05) is 11.6 Å². The number of nitrogens with zero attached hydrogens (tertiary/aromatic N) is 1. The molecule has 2 aromatic rings. The van der Waals surface area contributed by atoms with E-state index in [-0.39, 0.29) is 17.9 Å². The molecule has 2 N–H and O–H groups in total. The number of anilines is 1. The van der Waals surface area contributed by atoms with Gasteiger partial charge in [-0.15, -0.1) is 11.3 Å². The lowest BCUT2D eigenvalue weighted by atomic mass is 10.1. The Morgan fingerprint density at radius 2 is 2.33 bits per heavy atom. The standard InChI is InChI=1S/C12H12FN3OS/c1-8(9-3-2-4-10(13)7-9)15-11(17)16-12-14-5-6-18-12/h2-8H,1H3,(H2,14,15,16,17). The molecule has 0 aliphatic heterocycles. The molecule has 0 saturated heterocycles. The van der Waals surface area contributed by atoms with E-state index in [0.717, 1.165) is 0 Å². The van der Waals surface area contributed by atoms with Gasteiger partial charge in [-0.05, 0) is 24.6 Å². The summed E-state index contributed by atoms with van der Waals surface area (Å²) in [6.07, 6.45) is 1.61. The predicted molar refractivity (Wildman–Crippen MR) is 69.1 cm³/mol. The van der Waals surface area contributed by atoms with Crippen molar-refractivity contribution in [3.63, 3.8) is 0 Å². The van der Waals surface area contributed by atoms with E-state index in [1.54, 1.807) is 30.6 Å². The second-order valence-corrected chi connectivity index (χ2v) is 4.61. The van der Waals surface area contributed by atoms with Crippen LogP contribution in [0.5, 0.6) is 0 Å². The highest BCUT2D eigenvalue weighted by atomic mass is 32.1.